The third-order valence-electron chi connectivity index (χ3n) is 5.32. The zero-order valence-electron chi connectivity index (χ0n) is 20.6. The monoisotopic (exact) mass is 436 g/mol. The van der Waals surface area contributed by atoms with Crippen LogP contribution in [0.3, 0.4) is 0 Å². The number of aromatic hydroxyl groups is 1. The van der Waals surface area contributed by atoms with Crippen LogP contribution in [0.1, 0.15) is 111 Å². The Balaban J connectivity index is 3.02. The Kier molecular flexibility index (Phi) is 10.8. The summed E-state index contributed by atoms with van der Waals surface area (Å²) >= 11 is 1.95. The molecule has 0 heterocycles. The van der Waals surface area contributed by atoms with Crippen molar-refractivity contribution in [3.05, 3.63) is 22.8 Å². The zero-order valence-corrected chi connectivity index (χ0v) is 21.4. The van der Waals surface area contributed by atoms with Gasteiger partial charge in [-0.05, 0) is 41.2 Å². The lowest BCUT2D eigenvalue weighted by atomic mass is 9.76. The zero-order chi connectivity index (χ0) is 22.9. The van der Waals surface area contributed by atoms with Gasteiger partial charge in [0, 0.05) is 23.6 Å². The van der Waals surface area contributed by atoms with Crippen molar-refractivity contribution in [2.24, 2.45) is 0 Å². The van der Waals surface area contributed by atoms with E-state index in [1.807, 2.05) is 17.8 Å². The molecular formula is C26H44O3S. The first-order valence-electron chi connectivity index (χ1n) is 11.6. The van der Waals surface area contributed by atoms with Crippen LogP contribution in [-0.2, 0) is 22.0 Å². The van der Waals surface area contributed by atoms with Gasteiger partial charge in [-0.2, -0.15) is 11.8 Å². The number of phenols is 1. The summed E-state index contributed by atoms with van der Waals surface area (Å²) in [6, 6.07) is 1.87. The Labute approximate surface area is 189 Å². The van der Waals surface area contributed by atoms with E-state index in [0.29, 0.717) is 11.5 Å². The van der Waals surface area contributed by atoms with Gasteiger partial charge in [-0.25, -0.2) is 0 Å². The Morgan fingerprint density at radius 2 is 1.57 bits per heavy atom. The maximum atomic E-state index is 11.8. The van der Waals surface area contributed by atoms with Crippen LogP contribution >= 0.6 is 11.8 Å². The predicted octanol–water partition coefficient (Wildman–Crippen LogP) is 7.55. The van der Waals surface area contributed by atoms with E-state index in [2.05, 4.69) is 48.5 Å². The molecule has 0 aliphatic heterocycles. The van der Waals surface area contributed by atoms with Gasteiger partial charge < -0.3 is 9.84 Å². The molecule has 1 aromatic rings. The van der Waals surface area contributed by atoms with E-state index < -0.39 is 0 Å². The third kappa shape index (κ3) is 8.53. The van der Waals surface area contributed by atoms with Crippen molar-refractivity contribution in [3.8, 4) is 11.5 Å². The van der Waals surface area contributed by atoms with Crippen LogP contribution in [-0.4, -0.2) is 22.6 Å². The predicted molar refractivity (Wildman–Crippen MR) is 131 cm³/mol. The Morgan fingerprint density at radius 1 is 0.967 bits per heavy atom. The largest absolute Gasteiger partial charge is 0.507 e. The number of phenolic OH excluding ortho intramolecular Hbond substituents is 1. The van der Waals surface area contributed by atoms with Crippen LogP contribution in [0.5, 0.6) is 11.5 Å². The van der Waals surface area contributed by atoms with Crippen LogP contribution in [0.25, 0.3) is 0 Å². The van der Waals surface area contributed by atoms with E-state index >= 15 is 0 Å². The number of thioether (sulfide) groups is 1. The molecule has 0 bridgehead atoms. The molecule has 0 unspecified atom stereocenters. The summed E-state index contributed by atoms with van der Waals surface area (Å²) in [5.41, 5.74) is 2.21. The van der Waals surface area contributed by atoms with Gasteiger partial charge in [-0.3, -0.25) is 4.79 Å². The summed E-state index contributed by atoms with van der Waals surface area (Å²) in [6.45, 7) is 16.2. The van der Waals surface area contributed by atoms with Crippen LogP contribution in [0.15, 0.2) is 6.07 Å². The molecule has 0 spiro atoms. The van der Waals surface area contributed by atoms with E-state index in [-0.39, 0.29) is 16.8 Å². The SMILES string of the molecule is CCCCCCCCSCCc1c(OC(C)=O)cc(C(C)(C)C)c(O)c1C(C)(C)C. The first-order chi connectivity index (χ1) is 13.9. The first-order valence-corrected chi connectivity index (χ1v) is 12.7. The number of carbonyl (C=O) groups is 1. The molecule has 30 heavy (non-hydrogen) atoms. The van der Waals surface area contributed by atoms with Crippen LogP contribution in [0, 0.1) is 0 Å². The van der Waals surface area contributed by atoms with Crippen molar-refractivity contribution in [1.29, 1.82) is 0 Å². The van der Waals surface area contributed by atoms with Crippen molar-refractivity contribution in [2.75, 3.05) is 11.5 Å². The van der Waals surface area contributed by atoms with Crippen LogP contribution in [0.4, 0.5) is 0 Å². The van der Waals surface area contributed by atoms with Gasteiger partial charge in [0.15, 0.2) is 0 Å². The molecule has 1 N–H and O–H groups in total. The molecule has 1 rings (SSSR count). The summed E-state index contributed by atoms with van der Waals surface area (Å²) < 4.78 is 5.65. The number of benzene rings is 1. The second kappa shape index (κ2) is 12.0. The molecule has 0 saturated heterocycles. The average molecular weight is 437 g/mol. The number of unbranched alkanes of at least 4 members (excludes halogenated alkanes) is 5. The fraction of sp³-hybridized carbons (Fsp3) is 0.731. The normalized spacial score (nSPS) is 12.3. The molecule has 0 fully saturated rings. The van der Waals surface area contributed by atoms with Crippen LogP contribution < -0.4 is 4.74 Å². The summed E-state index contributed by atoms with van der Waals surface area (Å²) in [6.07, 6.45) is 8.66. The van der Waals surface area contributed by atoms with Crippen molar-refractivity contribution in [1.82, 2.24) is 0 Å². The maximum Gasteiger partial charge on any atom is 0.308 e. The second-order valence-electron chi connectivity index (χ2n) is 10.3. The number of hydrogen-bond donors (Lipinski definition) is 1. The molecule has 172 valence electrons. The minimum absolute atomic E-state index is 0.246. The Hall–Kier alpha value is -1.16. The molecule has 0 saturated carbocycles. The highest BCUT2D eigenvalue weighted by atomic mass is 32.2. The summed E-state index contributed by atoms with van der Waals surface area (Å²) in [7, 11) is 0. The lowest BCUT2D eigenvalue weighted by Gasteiger charge is -2.31. The number of rotatable bonds is 11. The number of hydrogen-bond acceptors (Lipinski definition) is 4. The molecule has 1 aromatic carbocycles. The van der Waals surface area contributed by atoms with Crippen LogP contribution in [0.2, 0.25) is 0 Å². The summed E-state index contributed by atoms with van der Waals surface area (Å²) in [5, 5.41) is 11.2. The number of ether oxygens (including phenoxy) is 1. The average Bonchev–Trinajstić information content (AvgIpc) is 2.59. The van der Waals surface area contributed by atoms with E-state index in [4.69, 9.17) is 4.74 Å². The van der Waals surface area contributed by atoms with E-state index in [1.54, 1.807) is 0 Å². The molecule has 0 atom stereocenters. The molecule has 4 heteroatoms. The van der Waals surface area contributed by atoms with E-state index in [1.165, 1.54) is 45.4 Å². The highest BCUT2D eigenvalue weighted by molar-refractivity contribution is 7.99. The van der Waals surface area contributed by atoms with E-state index in [0.717, 1.165) is 34.6 Å². The van der Waals surface area contributed by atoms with Crippen molar-refractivity contribution >= 4 is 17.7 Å². The quantitative estimate of drug-likeness (QED) is 0.221. The minimum atomic E-state index is -0.318. The van der Waals surface area contributed by atoms with Gasteiger partial charge in [0.05, 0.1) is 0 Å². The van der Waals surface area contributed by atoms with Crippen molar-refractivity contribution < 1.29 is 14.6 Å². The standard InChI is InChI=1S/C26H44O3S/c1-9-10-11-12-13-14-16-30-17-15-20-22(29-19(2)27)18-21(25(3,4)5)24(28)23(20)26(6,7)8/h18,28H,9-17H2,1-8H3. The third-order valence-corrected chi connectivity index (χ3v) is 6.39. The molecular weight excluding hydrogens is 392 g/mol. The topological polar surface area (TPSA) is 46.5 Å². The highest BCUT2D eigenvalue weighted by Gasteiger charge is 2.31. The number of carbonyl (C=O) groups excluding carboxylic acids is 1. The smallest absolute Gasteiger partial charge is 0.308 e. The Morgan fingerprint density at radius 3 is 2.10 bits per heavy atom. The van der Waals surface area contributed by atoms with Gasteiger partial charge in [-0.1, -0.05) is 80.6 Å². The Bertz CT molecular complexity index is 681. The molecule has 0 aromatic heterocycles. The fourth-order valence-corrected chi connectivity index (χ4v) is 4.78. The highest BCUT2D eigenvalue weighted by Crippen LogP contribution is 2.45. The number of esters is 1. The van der Waals surface area contributed by atoms with Gasteiger partial charge in [0.2, 0.25) is 0 Å². The second-order valence-corrected chi connectivity index (χ2v) is 11.6. The van der Waals surface area contributed by atoms with Gasteiger partial charge in [0.25, 0.3) is 0 Å². The molecule has 0 amide bonds. The summed E-state index contributed by atoms with van der Waals surface area (Å²) in [4.78, 5) is 11.8. The van der Waals surface area contributed by atoms with Gasteiger partial charge in [-0.15, -0.1) is 0 Å². The van der Waals surface area contributed by atoms with Gasteiger partial charge >= 0.3 is 5.97 Å². The van der Waals surface area contributed by atoms with Gasteiger partial charge in [0.1, 0.15) is 11.5 Å². The summed E-state index contributed by atoms with van der Waals surface area (Å²) in [5.74, 6) is 2.76. The fourth-order valence-electron chi connectivity index (χ4n) is 3.82. The maximum absolute atomic E-state index is 11.8. The molecule has 0 radical (unpaired) electrons. The molecule has 3 nitrogen and oxygen atoms in total. The van der Waals surface area contributed by atoms with Crippen molar-refractivity contribution in [2.45, 2.75) is 111 Å². The van der Waals surface area contributed by atoms with Crippen molar-refractivity contribution in [3.63, 3.8) is 0 Å². The lowest BCUT2D eigenvalue weighted by molar-refractivity contribution is -0.131. The lowest BCUT2D eigenvalue weighted by Crippen LogP contribution is -2.21. The minimum Gasteiger partial charge on any atom is -0.507 e. The molecule has 0 aliphatic carbocycles. The van der Waals surface area contributed by atoms with E-state index in [9.17, 15) is 9.90 Å². The first kappa shape index (κ1) is 26.9. The molecule has 0 aliphatic rings.